The largest absolute Gasteiger partial charge is 0.300 e. The minimum atomic E-state index is 0.223. The van der Waals surface area contributed by atoms with Crippen LogP contribution in [0.5, 0.6) is 0 Å². The van der Waals surface area contributed by atoms with E-state index in [-0.39, 0.29) is 5.78 Å². The summed E-state index contributed by atoms with van der Waals surface area (Å²) in [6, 6.07) is 19.1. The number of hydrogen-bond acceptors (Lipinski definition) is 1. The van der Waals surface area contributed by atoms with Crippen molar-refractivity contribution in [1.29, 1.82) is 0 Å². The van der Waals surface area contributed by atoms with Crippen LogP contribution in [-0.4, -0.2) is 5.78 Å². The summed E-state index contributed by atoms with van der Waals surface area (Å²) >= 11 is 0. The van der Waals surface area contributed by atoms with E-state index in [2.05, 4.69) is 54.6 Å². The molecule has 2 aromatic carbocycles. The third-order valence-electron chi connectivity index (χ3n) is 3.50. The molecule has 0 unspecified atom stereocenters. The molecule has 20 heavy (non-hydrogen) atoms. The van der Waals surface area contributed by atoms with Gasteiger partial charge in [-0.3, -0.25) is 4.79 Å². The molecule has 0 aliphatic rings. The molecule has 0 aromatic heterocycles. The van der Waals surface area contributed by atoms with Crippen LogP contribution in [0, 0.1) is 0 Å². The molecule has 1 heteroatoms. The van der Waals surface area contributed by atoms with Gasteiger partial charge in [0.2, 0.25) is 0 Å². The van der Waals surface area contributed by atoms with Gasteiger partial charge in [-0.15, -0.1) is 0 Å². The number of ketones is 1. The molecule has 0 spiro atoms. The van der Waals surface area contributed by atoms with E-state index in [0.717, 1.165) is 18.4 Å². The Labute approximate surface area is 121 Å². The number of aryl methyl sites for hydroxylation is 2. The molecule has 0 saturated carbocycles. The number of Topliss-reactive ketones (excluding diaryl/α,β-unsaturated/α-hetero) is 1. The Morgan fingerprint density at radius 1 is 0.750 bits per heavy atom. The number of rotatable bonds is 7. The summed E-state index contributed by atoms with van der Waals surface area (Å²) in [4.78, 5) is 11.0. The van der Waals surface area contributed by atoms with Crippen molar-refractivity contribution in [1.82, 2.24) is 0 Å². The fourth-order valence-corrected chi connectivity index (χ4v) is 2.41. The molecular weight excluding hydrogens is 244 g/mol. The van der Waals surface area contributed by atoms with Gasteiger partial charge in [0, 0.05) is 6.42 Å². The first kappa shape index (κ1) is 14.5. The lowest BCUT2D eigenvalue weighted by Crippen LogP contribution is -1.96. The van der Waals surface area contributed by atoms with Crippen molar-refractivity contribution in [2.45, 2.75) is 39.0 Å². The summed E-state index contributed by atoms with van der Waals surface area (Å²) in [7, 11) is 0. The Morgan fingerprint density at radius 2 is 1.25 bits per heavy atom. The summed E-state index contributed by atoms with van der Waals surface area (Å²) in [6.45, 7) is 1.64. The van der Waals surface area contributed by atoms with Crippen LogP contribution >= 0.6 is 0 Å². The van der Waals surface area contributed by atoms with Gasteiger partial charge < -0.3 is 0 Å². The predicted octanol–water partition coefficient (Wildman–Crippen LogP) is 4.38. The van der Waals surface area contributed by atoms with E-state index in [4.69, 9.17) is 0 Å². The van der Waals surface area contributed by atoms with Gasteiger partial charge in [0.05, 0.1) is 0 Å². The SMILES string of the molecule is CC(=O)Cc1ccc(CCCCc2ccccc2)cc1. The quantitative estimate of drug-likeness (QED) is 0.679. The Bertz CT molecular complexity index is 525. The number of carbonyl (C=O) groups excluding carboxylic acids is 1. The van der Waals surface area contributed by atoms with Crippen molar-refractivity contribution in [2.24, 2.45) is 0 Å². The van der Waals surface area contributed by atoms with Crippen molar-refractivity contribution < 1.29 is 4.79 Å². The molecule has 0 aliphatic carbocycles. The van der Waals surface area contributed by atoms with Crippen molar-refractivity contribution in [3.63, 3.8) is 0 Å². The van der Waals surface area contributed by atoms with Crippen LogP contribution in [0.4, 0.5) is 0 Å². The van der Waals surface area contributed by atoms with Crippen LogP contribution in [0.3, 0.4) is 0 Å². The van der Waals surface area contributed by atoms with Crippen molar-refractivity contribution >= 4 is 5.78 Å². The highest BCUT2D eigenvalue weighted by atomic mass is 16.1. The monoisotopic (exact) mass is 266 g/mol. The zero-order valence-electron chi connectivity index (χ0n) is 12.1. The summed E-state index contributed by atoms with van der Waals surface area (Å²) in [5, 5.41) is 0. The fourth-order valence-electron chi connectivity index (χ4n) is 2.41. The van der Waals surface area contributed by atoms with Gasteiger partial charge in [0.15, 0.2) is 0 Å². The minimum Gasteiger partial charge on any atom is -0.300 e. The Hall–Kier alpha value is -1.89. The van der Waals surface area contributed by atoms with Gasteiger partial charge in [-0.05, 0) is 49.3 Å². The maximum Gasteiger partial charge on any atom is 0.134 e. The van der Waals surface area contributed by atoms with Crippen molar-refractivity contribution in [3.05, 3.63) is 71.3 Å². The Morgan fingerprint density at radius 3 is 1.80 bits per heavy atom. The average molecular weight is 266 g/mol. The lowest BCUT2D eigenvalue weighted by molar-refractivity contribution is -0.116. The lowest BCUT2D eigenvalue weighted by Gasteiger charge is -2.04. The van der Waals surface area contributed by atoms with Crippen LogP contribution < -0.4 is 0 Å². The second kappa shape index (κ2) is 7.64. The van der Waals surface area contributed by atoms with Gasteiger partial charge in [-0.25, -0.2) is 0 Å². The molecule has 0 fully saturated rings. The van der Waals surface area contributed by atoms with E-state index in [1.54, 1.807) is 6.92 Å². The van der Waals surface area contributed by atoms with Crippen LogP contribution in [0.1, 0.15) is 36.5 Å². The highest BCUT2D eigenvalue weighted by Gasteiger charge is 1.99. The molecule has 2 rings (SSSR count). The molecule has 0 aliphatic heterocycles. The molecule has 0 saturated heterocycles. The molecule has 0 heterocycles. The van der Waals surface area contributed by atoms with Crippen LogP contribution in [0.15, 0.2) is 54.6 Å². The first-order valence-electron chi connectivity index (χ1n) is 7.35. The standard InChI is InChI=1S/C19H22O/c1-16(20)15-19-13-11-18(12-14-19)10-6-5-9-17-7-3-2-4-8-17/h2-4,7-8,11-14H,5-6,9-10,15H2,1H3. The third kappa shape index (κ3) is 5.00. The lowest BCUT2D eigenvalue weighted by atomic mass is 10.0. The Balaban J connectivity index is 1.73. The maximum atomic E-state index is 11.0. The van der Waals surface area contributed by atoms with Crippen LogP contribution in [0.25, 0.3) is 0 Å². The molecule has 0 N–H and O–H groups in total. The first-order chi connectivity index (χ1) is 9.74. The van der Waals surface area contributed by atoms with Gasteiger partial charge in [-0.2, -0.15) is 0 Å². The van der Waals surface area contributed by atoms with E-state index < -0.39 is 0 Å². The van der Waals surface area contributed by atoms with Gasteiger partial charge in [0.1, 0.15) is 5.78 Å². The fraction of sp³-hybridized carbons (Fsp3) is 0.316. The maximum absolute atomic E-state index is 11.0. The molecule has 2 aromatic rings. The second-order valence-corrected chi connectivity index (χ2v) is 5.39. The van der Waals surface area contributed by atoms with E-state index in [1.165, 1.54) is 24.0 Å². The van der Waals surface area contributed by atoms with E-state index >= 15 is 0 Å². The van der Waals surface area contributed by atoms with Crippen molar-refractivity contribution in [2.75, 3.05) is 0 Å². The van der Waals surface area contributed by atoms with Crippen LogP contribution in [-0.2, 0) is 24.1 Å². The molecular formula is C19H22O. The molecule has 0 atom stereocenters. The first-order valence-corrected chi connectivity index (χ1v) is 7.35. The van der Waals surface area contributed by atoms with Crippen LogP contribution in [0.2, 0.25) is 0 Å². The smallest absolute Gasteiger partial charge is 0.134 e. The zero-order valence-corrected chi connectivity index (χ0v) is 12.1. The number of benzene rings is 2. The highest BCUT2D eigenvalue weighted by molar-refractivity contribution is 5.78. The van der Waals surface area contributed by atoms with Crippen molar-refractivity contribution in [3.8, 4) is 0 Å². The minimum absolute atomic E-state index is 0.223. The number of unbranched alkanes of at least 4 members (excludes halogenated alkanes) is 1. The van der Waals surface area contributed by atoms with E-state index in [0.29, 0.717) is 6.42 Å². The van der Waals surface area contributed by atoms with E-state index in [1.807, 2.05) is 0 Å². The van der Waals surface area contributed by atoms with E-state index in [9.17, 15) is 4.79 Å². The predicted molar refractivity (Wildman–Crippen MR) is 83.9 cm³/mol. The summed E-state index contributed by atoms with van der Waals surface area (Å²) in [5.41, 5.74) is 3.90. The Kier molecular flexibility index (Phi) is 5.55. The van der Waals surface area contributed by atoms with Gasteiger partial charge in [0.25, 0.3) is 0 Å². The number of hydrogen-bond donors (Lipinski definition) is 0. The average Bonchev–Trinajstić information content (AvgIpc) is 2.46. The topological polar surface area (TPSA) is 17.1 Å². The van der Waals surface area contributed by atoms with Gasteiger partial charge >= 0.3 is 0 Å². The molecule has 0 amide bonds. The highest BCUT2D eigenvalue weighted by Crippen LogP contribution is 2.11. The number of carbonyl (C=O) groups is 1. The molecule has 0 radical (unpaired) electrons. The zero-order chi connectivity index (χ0) is 14.2. The molecule has 104 valence electrons. The summed E-state index contributed by atoms with van der Waals surface area (Å²) in [5.74, 6) is 0.223. The third-order valence-corrected chi connectivity index (χ3v) is 3.50. The molecule has 0 bridgehead atoms. The normalized spacial score (nSPS) is 10.4. The summed E-state index contributed by atoms with van der Waals surface area (Å²) < 4.78 is 0. The summed E-state index contributed by atoms with van der Waals surface area (Å²) in [6.07, 6.45) is 5.25. The molecule has 1 nitrogen and oxygen atoms in total. The van der Waals surface area contributed by atoms with Gasteiger partial charge in [-0.1, -0.05) is 54.6 Å². The second-order valence-electron chi connectivity index (χ2n) is 5.39.